The second kappa shape index (κ2) is 6.93. The van der Waals surface area contributed by atoms with Gasteiger partial charge in [0.2, 0.25) is 5.91 Å². The normalized spacial score (nSPS) is 15.8. The minimum Gasteiger partial charge on any atom is -0.399 e. The second-order valence-corrected chi connectivity index (χ2v) is 6.08. The zero-order chi connectivity index (χ0) is 15.4. The monoisotopic (exact) mass is 353 g/mol. The molecule has 5 nitrogen and oxygen atoms in total. The van der Waals surface area contributed by atoms with E-state index in [-0.39, 0.29) is 17.9 Å². The summed E-state index contributed by atoms with van der Waals surface area (Å²) in [4.78, 5) is 25.7. The number of amides is 2. The molecule has 0 aliphatic carbocycles. The standard InChI is InChI=1S/C15H20BrN3O2/c1-2-14(20)18-11-5-7-19(8-6-11)15(21)12-9-10(17)3-4-13(12)16/h3-4,9,11H,2,5-8,17H2,1H3,(H,18,20). The van der Waals surface area contributed by atoms with Crippen LogP contribution in [0.2, 0.25) is 0 Å². The van der Waals surface area contributed by atoms with Crippen molar-refractivity contribution in [3.63, 3.8) is 0 Å². The smallest absolute Gasteiger partial charge is 0.255 e. The minimum absolute atomic E-state index is 0.0190. The van der Waals surface area contributed by atoms with E-state index in [1.54, 1.807) is 18.2 Å². The maximum Gasteiger partial charge on any atom is 0.255 e. The van der Waals surface area contributed by atoms with E-state index < -0.39 is 0 Å². The summed E-state index contributed by atoms with van der Waals surface area (Å²) in [7, 11) is 0. The van der Waals surface area contributed by atoms with E-state index in [1.165, 1.54) is 0 Å². The molecule has 0 atom stereocenters. The first-order valence-corrected chi connectivity index (χ1v) is 7.94. The lowest BCUT2D eigenvalue weighted by Gasteiger charge is -2.32. The van der Waals surface area contributed by atoms with Crippen LogP contribution in [0.5, 0.6) is 0 Å². The van der Waals surface area contributed by atoms with E-state index >= 15 is 0 Å². The fourth-order valence-electron chi connectivity index (χ4n) is 2.43. The number of piperidine rings is 1. The summed E-state index contributed by atoms with van der Waals surface area (Å²) in [6.45, 7) is 3.13. The topological polar surface area (TPSA) is 75.4 Å². The number of nitrogen functional groups attached to an aromatic ring is 1. The number of nitrogens with two attached hydrogens (primary N) is 1. The van der Waals surface area contributed by atoms with E-state index in [4.69, 9.17) is 5.73 Å². The first-order chi connectivity index (χ1) is 10.0. The molecule has 1 aliphatic heterocycles. The number of benzene rings is 1. The van der Waals surface area contributed by atoms with Crippen molar-refractivity contribution in [1.82, 2.24) is 10.2 Å². The molecule has 0 radical (unpaired) electrons. The van der Waals surface area contributed by atoms with Crippen LogP contribution in [0.15, 0.2) is 22.7 Å². The van der Waals surface area contributed by atoms with Crippen LogP contribution in [0.4, 0.5) is 5.69 Å². The number of likely N-dealkylation sites (tertiary alicyclic amines) is 1. The molecule has 0 unspecified atom stereocenters. The molecule has 0 saturated carbocycles. The average molecular weight is 354 g/mol. The highest BCUT2D eigenvalue weighted by atomic mass is 79.9. The van der Waals surface area contributed by atoms with Gasteiger partial charge in [-0.1, -0.05) is 6.92 Å². The van der Waals surface area contributed by atoms with Gasteiger partial charge < -0.3 is 16.0 Å². The number of anilines is 1. The number of rotatable bonds is 3. The molecule has 2 amide bonds. The molecule has 3 N–H and O–H groups in total. The van der Waals surface area contributed by atoms with Gasteiger partial charge in [0, 0.05) is 35.7 Å². The Morgan fingerprint density at radius 3 is 2.67 bits per heavy atom. The molecule has 1 fully saturated rings. The van der Waals surface area contributed by atoms with Gasteiger partial charge in [-0.05, 0) is 47.0 Å². The lowest BCUT2D eigenvalue weighted by Crippen LogP contribution is -2.46. The van der Waals surface area contributed by atoms with Crippen LogP contribution in [0.25, 0.3) is 0 Å². The molecule has 1 aliphatic rings. The first kappa shape index (κ1) is 15.8. The van der Waals surface area contributed by atoms with Gasteiger partial charge in [-0.3, -0.25) is 9.59 Å². The maximum atomic E-state index is 12.5. The van der Waals surface area contributed by atoms with Crippen LogP contribution in [0.3, 0.4) is 0 Å². The number of nitrogens with zero attached hydrogens (tertiary/aromatic N) is 1. The molecule has 1 aromatic rings. The highest BCUT2D eigenvalue weighted by Crippen LogP contribution is 2.23. The van der Waals surface area contributed by atoms with Crippen molar-refractivity contribution in [2.75, 3.05) is 18.8 Å². The maximum absolute atomic E-state index is 12.5. The summed E-state index contributed by atoms with van der Waals surface area (Å²) in [5.74, 6) is 0.0489. The quantitative estimate of drug-likeness (QED) is 0.817. The largest absolute Gasteiger partial charge is 0.399 e. The van der Waals surface area contributed by atoms with E-state index in [2.05, 4.69) is 21.2 Å². The number of hydrogen-bond donors (Lipinski definition) is 2. The van der Waals surface area contributed by atoms with Crippen molar-refractivity contribution >= 4 is 33.4 Å². The molecular weight excluding hydrogens is 334 g/mol. The van der Waals surface area contributed by atoms with Gasteiger partial charge >= 0.3 is 0 Å². The zero-order valence-electron chi connectivity index (χ0n) is 12.1. The van der Waals surface area contributed by atoms with E-state index in [0.29, 0.717) is 30.8 Å². The van der Waals surface area contributed by atoms with Crippen LogP contribution >= 0.6 is 15.9 Å². The molecule has 2 rings (SSSR count). The van der Waals surface area contributed by atoms with Gasteiger partial charge in [-0.2, -0.15) is 0 Å². The molecule has 6 heteroatoms. The molecular formula is C15H20BrN3O2. The van der Waals surface area contributed by atoms with Crippen LogP contribution < -0.4 is 11.1 Å². The summed E-state index contributed by atoms with van der Waals surface area (Å²) in [5.41, 5.74) is 6.91. The Balaban J connectivity index is 1.97. The van der Waals surface area contributed by atoms with Crippen LogP contribution in [0.1, 0.15) is 36.5 Å². The molecule has 0 aromatic heterocycles. The van der Waals surface area contributed by atoms with Gasteiger partial charge in [0.1, 0.15) is 0 Å². The van der Waals surface area contributed by atoms with Crippen molar-refractivity contribution in [1.29, 1.82) is 0 Å². The van der Waals surface area contributed by atoms with E-state index in [9.17, 15) is 9.59 Å². The number of carbonyl (C=O) groups excluding carboxylic acids is 2. The molecule has 1 heterocycles. The minimum atomic E-state index is -0.0190. The Morgan fingerprint density at radius 2 is 2.05 bits per heavy atom. The average Bonchev–Trinajstić information content (AvgIpc) is 2.49. The third-order valence-electron chi connectivity index (χ3n) is 3.69. The molecule has 1 aromatic carbocycles. The van der Waals surface area contributed by atoms with Gasteiger partial charge in [0.05, 0.1) is 5.56 Å². The molecule has 1 saturated heterocycles. The highest BCUT2D eigenvalue weighted by Gasteiger charge is 2.25. The fourth-order valence-corrected chi connectivity index (χ4v) is 2.85. The van der Waals surface area contributed by atoms with Crippen molar-refractivity contribution in [3.05, 3.63) is 28.2 Å². The van der Waals surface area contributed by atoms with Crippen LogP contribution in [0, 0.1) is 0 Å². The number of halogens is 1. The first-order valence-electron chi connectivity index (χ1n) is 7.15. The van der Waals surface area contributed by atoms with Crippen molar-refractivity contribution < 1.29 is 9.59 Å². The van der Waals surface area contributed by atoms with Gasteiger partial charge in [0.15, 0.2) is 0 Å². The van der Waals surface area contributed by atoms with Gasteiger partial charge in [-0.15, -0.1) is 0 Å². The SMILES string of the molecule is CCC(=O)NC1CCN(C(=O)c2cc(N)ccc2Br)CC1. The number of carbonyl (C=O) groups is 2. The molecule has 21 heavy (non-hydrogen) atoms. The van der Waals surface area contributed by atoms with Crippen LogP contribution in [-0.4, -0.2) is 35.8 Å². The summed E-state index contributed by atoms with van der Waals surface area (Å²) >= 11 is 3.39. The summed E-state index contributed by atoms with van der Waals surface area (Å²) < 4.78 is 0.753. The van der Waals surface area contributed by atoms with Crippen molar-refractivity contribution in [3.8, 4) is 0 Å². The van der Waals surface area contributed by atoms with Crippen LogP contribution in [-0.2, 0) is 4.79 Å². The summed E-state index contributed by atoms with van der Waals surface area (Å²) in [6, 6.07) is 5.41. The Hall–Kier alpha value is -1.56. The summed E-state index contributed by atoms with van der Waals surface area (Å²) in [5, 5.41) is 2.98. The predicted molar refractivity (Wildman–Crippen MR) is 85.9 cm³/mol. The van der Waals surface area contributed by atoms with E-state index in [1.807, 2.05) is 11.8 Å². The second-order valence-electron chi connectivity index (χ2n) is 5.23. The lowest BCUT2D eigenvalue weighted by atomic mass is 10.0. The lowest BCUT2D eigenvalue weighted by molar-refractivity contribution is -0.121. The number of hydrogen-bond acceptors (Lipinski definition) is 3. The molecule has 114 valence electrons. The Bertz CT molecular complexity index is 540. The molecule has 0 spiro atoms. The third-order valence-corrected chi connectivity index (χ3v) is 4.38. The third kappa shape index (κ3) is 3.97. The van der Waals surface area contributed by atoms with E-state index in [0.717, 1.165) is 17.3 Å². The fraction of sp³-hybridized carbons (Fsp3) is 0.467. The Labute approximate surface area is 133 Å². The highest BCUT2D eigenvalue weighted by molar-refractivity contribution is 9.10. The molecule has 0 bridgehead atoms. The summed E-state index contributed by atoms with van der Waals surface area (Å²) in [6.07, 6.45) is 2.07. The van der Waals surface area contributed by atoms with Crippen molar-refractivity contribution in [2.45, 2.75) is 32.2 Å². The Kier molecular flexibility index (Phi) is 5.22. The Morgan fingerprint density at radius 1 is 1.38 bits per heavy atom. The number of nitrogens with one attached hydrogen (secondary N) is 1. The van der Waals surface area contributed by atoms with Crippen molar-refractivity contribution in [2.24, 2.45) is 0 Å². The zero-order valence-corrected chi connectivity index (χ0v) is 13.6. The van der Waals surface area contributed by atoms with Gasteiger partial charge in [-0.25, -0.2) is 0 Å². The predicted octanol–water partition coefficient (Wildman–Crippen LogP) is 2.16. The van der Waals surface area contributed by atoms with Gasteiger partial charge in [0.25, 0.3) is 5.91 Å².